The van der Waals surface area contributed by atoms with Crippen LogP contribution >= 0.6 is 0 Å². The maximum atomic E-state index is 9.77. The van der Waals surface area contributed by atoms with E-state index in [4.69, 9.17) is 4.74 Å². The number of hydrogen-bond acceptors (Lipinski definition) is 2. The van der Waals surface area contributed by atoms with Gasteiger partial charge in [-0.1, -0.05) is 31.5 Å². The lowest BCUT2D eigenvalue weighted by Gasteiger charge is -2.15. The minimum Gasteiger partial charge on any atom is -0.490 e. The highest BCUT2D eigenvalue weighted by Crippen LogP contribution is 2.31. The summed E-state index contributed by atoms with van der Waals surface area (Å²) >= 11 is 0. The van der Waals surface area contributed by atoms with Crippen molar-refractivity contribution in [2.24, 2.45) is 5.92 Å². The van der Waals surface area contributed by atoms with Gasteiger partial charge in [0.15, 0.2) is 0 Å². The Bertz CT molecular complexity index is 398. The van der Waals surface area contributed by atoms with Crippen LogP contribution in [0.5, 0.6) is 5.75 Å². The second-order valence-corrected chi connectivity index (χ2v) is 5.80. The van der Waals surface area contributed by atoms with Gasteiger partial charge >= 0.3 is 0 Å². The molecular formula is C16H24O2. The van der Waals surface area contributed by atoms with E-state index in [1.807, 2.05) is 0 Å². The summed E-state index contributed by atoms with van der Waals surface area (Å²) in [6.45, 7) is 6.25. The zero-order valence-electron chi connectivity index (χ0n) is 11.6. The number of ether oxygens (including phenoxy) is 1. The van der Waals surface area contributed by atoms with Crippen molar-refractivity contribution in [2.75, 3.05) is 0 Å². The predicted molar refractivity (Wildman–Crippen MR) is 74.0 cm³/mol. The first-order valence-electron chi connectivity index (χ1n) is 7.00. The SMILES string of the molecule is Cc1ccc2c(c1)CC(CCCC(O)C(C)C)O2. The van der Waals surface area contributed by atoms with Gasteiger partial charge in [-0.05, 0) is 43.7 Å². The number of benzene rings is 1. The third kappa shape index (κ3) is 3.26. The molecular weight excluding hydrogens is 224 g/mol. The zero-order chi connectivity index (χ0) is 13.1. The Labute approximate surface area is 110 Å². The van der Waals surface area contributed by atoms with Gasteiger partial charge in [0.1, 0.15) is 11.9 Å². The van der Waals surface area contributed by atoms with Gasteiger partial charge in [-0.15, -0.1) is 0 Å². The molecule has 1 aromatic carbocycles. The smallest absolute Gasteiger partial charge is 0.123 e. The molecule has 0 saturated heterocycles. The van der Waals surface area contributed by atoms with Crippen molar-refractivity contribution in [2.45, 2.75) is 58.7 Å². The summed E-state index contributed by atoms with van der Waals surface area (Å²) in [5, 5.41) is 9.77. The number of hydrogen-bond donors (Lipinski definition) is 1. The number of aliphatic hydroxyl groups excluding tert-OH is 1. The molecule has 2 nitrogen and oxygen atoms in total. The molecule has 2 unspecified atom stereocenters. The van der Waals surface area contributed by atoms with E-state index in [0.29, 0.717) is 12.0 Å². The molecule has 0 radical (unpaired) electrons. The van der Waals surface area contributed by atoms with Gasteiger partial charge in [-0.25, -0.2) is 0 Å². The second-order valence-electron chi connectivity index (χ2n) is 5.80. The maximum Gasteiger partial charge on any atom is 0.123 e. The minimum absolute atomic E-state index is 0.170. The lowest BCUT2D eigenvalue weighted by atomic mass is 9.99. The molecule has 100 valence electrons. The van der Waals surface area contributed by atoms with Crippen molar-refractivity contribution in [1.29, 1.82) is 0 Å². The fourth-order valence-electron chi connectivity index (χ4n) is 2.50. The van der Waals surface area contributed by atoms with Crippen molar-refractivity contribution < 1.29 is 9.84 Å². The van der Waals surface area contributed by atoms with Gasteiger partial charge in [0, 0.05) is 6.42 Å². The van der Waals surface area contributed by atoms with Gasteiger partial charge in [-0.2, -0.15) is 0 Å². The van der Waals surface area contributed by atoms with Gasteiger partial charge in [-0.3, -0.25) is 0 Å². The molecule has 0 spiro atoms. The molecule has 2 atom stereocenters. The van der Waals surface area contributed by atoms with Gasteiger partial charge in [0.25, 0.3) is 0 Å². The van der Waals surface area contributed by atoms with E-state index in [1.165, 1.54) is 11.1 Å². The molecule has 18 heavy (non-hydrogen) atoms. The summed E-state index contributed by atoms with van der Waals surface area (Å²) in [5.41, 5.74) is 2.64. The molecule has 1 aliphatic rings. The third-order valence-corrected chi connectivity index (χ3v) is 3.75. The topological polar surface area (TPSA) is 29.5 Å². The van der Waals surface area contributed by atoms with E-state index < -0.39 is 0 Å². The summed E-state index contributed by atoms with van der Waals surface area (Å²) in [6, 6.07) is 6.40. The van der Waals surface area contributed by atoms with Crippen LogP contribution in [0.25, 0.3) is 0 Å². The predicted octanol–water partition coefficient (Wildman–Crippen LogP) is 3.49. The van der Waals surface area contributed by atoms with Crippen LogP contribution in [-0.4, -0.2) is 17.3 Å². The van der Waals surface area contributed by atoms with Gasteiger partial charge in [0.05, 0.1) is 6.10 Å². The van der Waals surface area contributed by atoms with Crippen LogP contribution in [0.3, 0.4) is 0 Å². The summed E-state index contributed by atoms with van der Waals surface area (Å²) < 4.78 is 5.92. The molecule has 0 aliphatic carbocycles. The Morgan fingerprint density at radius 3 is 2.89 bits per heavy atom. The molecule has 0 saturated carbocycles. The first kappa shape index (κ1) is 13.4. The van der Waals surface area contributed by atoms with Crippen molar-refractivity contribution in [1.82, 2.24) is 0 Å². The second kappa shape index (κ2) is 5.75. The molecule has 1 aliphatic heterocycles. The highest BCUT2D eigenvalue weighted by Gasteiger charge is 2.22. The Kier molecular flexibility index (Phi) is 4.28. The van der Waals surface area contributed by atoms with Crippen LogP contribution in [0.2, 0.25) is 0 Å². The van der Waals surface area contributed by atoms with Crippen LogP contribution < -0.4 is 4.74 Å². The Balaban J connectivity index is 1.78. The fraction of sp³-hybridized carbons (Fsp3) is 0.625. The van der Waals surface area contributed by atoms with Crippen molar-refractivity contribution in [3.63, 3.8) is 0 Å². The molecule has 2 heteroatoms. The summed E-state index contributed by atoms with van der Waals surface area (Å²) in [6.07, 6.45) is 4.12. The van der Waals surface area contributed by atoms with E-state index in [1.54, 1.807) is 0 Å². The number of fused-ring (bicyclic) bond motifs is 1. The molecule has 1 aromatic rings. The Morgan fingerprint density at radius 1 is 1.39 bits per heavy atom. The zero-order valence-corrected chi connectivity index (χ0v) is 11.6. The molecule has 0 aromatic heterocycles. The normalized spacial score (nSPS) is 19.7. The van der Waals surface area contributed by atoms with Crippen LogP contribution in [0.4, 0.5) is 0 Å². The monoisotopic (exact) mass is 248 g/mol. The van der Waals surface area contributed by atoms with E-state index in [9.17, 15) is 5.11 Å². The first-order chi connectivity index (χ1) is 8.56. The number of rotatable bonds is 5. The van der Waals surface area contributed by atoms with Crippen LogP contribution in [0.15, 0.2) is 18.2 Å². The van der Waals surface area contributed by atoms with Crippen molar-refractivity contribution in [3.05, 3.63) is 29.3 Å². The number of aryl methyl sites for hydroxylation is 1. The minimum atomic E-state index is -0.170. The molecule has 0 amide bonds. The standard InChI is InChI=1S/C16H24O2/c1-11(2)15(17)6-4-5-14-10-13-9-12(3)7-8-16(13)18-14/h7-9,11,14-15,17H,4-6,10H2,1-3H3. The van der Waals surface area contributed by atoms with E-state index in [0.717, 1.165) is 31.4 Å². The Hall–Kier alpha value is -1.02. The van der Waals surface area contributed by atoms with Gasteiger partial charge in [0.2, 0.25) is 0 Å². The van der Waals surface area contributed by atoms with Crippen molar-refractivity contribution in [3.8, 4) is 5.75 Å². The molecule has 0 fully saturated rings. The van der Waals surface area contributed by atoms with Crippen LogP contribution in [0, 0.1) is 12.8 Å². The summed E-state index contributed by atoms with van der Waals surface area (Å²) in [5.74, 6) is 1.41. The van der Waals surface area contributed by atoms with Crippen LogP contribution in [-0.2, 0) is 6.42 Å². The first-order valence-corrected chi connectivity index (χ1v) is 7.00. The summed E-state index contributed by atoms with van der Waals surface area (Å²) in [4.78, 5) is 0. The molecule has 0 bridgehead atoms. The quantitative estimate of drug-likeness (QED) is 0.864. The lowest BCUT2D eigenvalue weighted by Crippen LogP contribution is -2.17. The summed E-state index contributed by atoms with van der Waals surface area (Å²) in [7, 11) is 0. The van der Waals surface area contributed by atoms with Crippen molar-refractivity contribution >= 4 is 0 Å². The largest absolute Gasteiger partial charge is 0.490 e. The molecule has 1 N–H and O–H groups in total. The Morgan fingerprint density at radius 2 is 2.17 bits per heavy atom. The van der Waals surface area contributed by atoms with E-state index >= 15 is 0 Å². The van der Waals surface area contributed by atoms with E-state index in [2.05, 4.69) is 39.0 Å². The maximum absolute atomic E-state index is 9.77. The highest BCUT2D eigenvalue weighted by atomic mass is 16.5. The highest BCUT2D eigenvalue weighted by molar-refractivity contribution is 5.40. The third-order valence-electron chi connectivity index (χ3n) is 3.75. The molecule has 2 rings (SSSR count). The average Bonchev–Trinajstić information content (AvgIpc) is 2.70. The number of aliphatic hydroxyl groups is 1. The lowest BCUT2D eigenvalue weighted by molar-refractivity contribution is 0.108. The average molecular weight is 248 g/mol. The fourth-order valence-corrected chi connectivity index (χ4v) is 2.50. The van der Waals surface area contributed by atoms with E-state index in [-0.39, 0.29) is 6.10 Å². The van der Waals surface area contributed by atoms with Gasteiger partial charge < -0.3 is 9.84 Å². The molecule has 1 heterocycles. The van der Waals surface area contributed by atoms with Crippen LogP contribution in [0.1, 0.15) is 44.2 Å².